The summed E-state index contributed by atoms with van der Waals surface area (Å²) in [5.41, 5.74) is 2.63. The summed E-state index contributed by atoms with van der Waals surface area (Å²) in [7, 11) is 1.67. The van der Waals surface area contributed by atoms with Crippen molar-refractivity contribution in [3.05, 3.63) is 54.0 Å². The summed E-state index contributed by atoms with van der Waals surface area (Å²) in [6.07, 6.45) is 13.1. The Labute approximate surface area is 183 Å². The van der Waals surface area contributed by atoms with E-state index in [1.54, 1.807) is 13.4 Å². The van der Waals surface area contributed by atoms with Gasteiger partial charge in [-0.2, -0.15) is 0 Å². The number of benzene rings is 1. The third kappa shape index (κ3) is 3.91. The molecule has 0 atom stereocenters. The van der Waals surface area contributed by atoms with E-state index in [9.17, 15) is 4.79 Å². The number of rotatable bonds is 6. The molecule has 2 fully saturated rings. The lowest BCUT2D eigenvalue weighted by Gasteiger charge is -2.35. The van der Waals surface area contributed by atoms with Crippen LogP contribution in [0, 0.1) is 0 Å². The SMILES string of the molecule is COc1cc(C(=O)N(C2CCCC2)C2CCCC2)ccc1Cn1cccc2ncnc1-2. The Bertz CT molecular complexity index is 1000. The maximum Gasteiger partial charge on any atom is 0.254 e. The molecule has 1 aromatic rings. The van der Waals surface area contributed by atoms with Crippen LogP contribution in [0.3, 0.4) is 0 Å². The first-order valence-electron chi connectivity index (χ1n) is 11.5. The number of hydrogen-bond acceptors (Lipinski definition) is 4. The van der Waals surface area contributed by atoms with Gasteiger partial charge in [-0.05, 0) is 49.9 Å². The molecule has 0 aromatic heterocycles. The Kier molecular flexibility index (Phi) is 5.62. The van der Waals surface area contributed by atoms with E-state index in [0.717, 1.165) is 54.1 Å². The zero-order valence-electron chi connectivity index (χ0n) is 18.2. The first-order chi connectivity index (χ1) is 15.2. The Morgan fingerprint density at radius 3 is 2.45 bits per heavy atom. The van der Waals surface area contributed by atoms with Crippen LogP contribution in [0.1, 0.15) is 67.3 Å². The molecule has 0 bridgehead atoms. The maximum absolute atomic E-state index is 13.6. The second-order valence-electron chi connectivity index (χ2n) is 8.83. The van der Waals surface area contributed by atoms with Crippen molar-refractivity contribution < 1.29 is 9.53 Å². The average Bonchev–Trinajstić information content (AvgIpc) is 3.57. The Balaban J connectivity index is 1.42. The molecule has 0 spiro atoms. The number of fused-ring (bicyclic) bond motifs is 1. The fourth-order valence-electron chi connectivity index (χ4n) is 5.38. The molecule has 6 nitrogen and oxygen atoms in total. The fourth-order valence-corrected chi connectivity index (χ4v) is 5.38. The van der Waals surface area contributed by atoms with Gasteiger partial charge < -0.3 is 14.2 Å². The highest BCUT2D eigenvalue weighted by atomic mass is 16.5. The first kappa shape index (κ1) is 20.0. The number of carbonyl (C=O) groups is 1. The molecule has 0 radical (unpaired) electrons. The third-order valence-corrected chi connectivity index (χ3v) is 6.94. The third-order valence-electron chi connectivity index (χ3n) is 6.94. The molecule has 31 heavy (non-hydrogen) atoms. The number of aromatic nitrogens is 3. The quantitative estimate of drug-likeness (QED) is 0.579. The van der Waals surface area contributed by atoms with Crippen molar-refractivity contribution in [1.82, 2.24) is 19.4 Å². The van der Waals surface area contributed by atoms with Gasteiger partial charge in [0.05, 0.1) is 13.7 Å². The number of imidazole rings is 1. The van der Waals surface area contributed by atoms with Crippen LogP contribution < -0.4 is 4.74 Å². The van der Waals surface area contributed by atoms with Crippen molar-refractivity contribution >= 4 is 5.91 Å². The Hall–Kier alpha value is -2.89. The normalized spacial score (nSPS) is 17.5. The predicted octanol–water partition coefficient (Wildman–Crippen LogP) is 4.77. The molecule has 0 saturated heterocycles. The lowest BCUT2D eigenvalue weighted by molar-refractivity contribution is 0.0580. The van der Waals surface area contributed by atoms with E-state index in [0.29, 0.717) is 18.6 Å². The highest BCUT2D eigenvalue weighted by molar-refractivity contribution is 5.95. The minimum atomic E-state index is 0.167. The van der Waals surface area contributed by atoms with E-state index in [1.807, 2.05) is 36.5 Å². The van der Waals surface area contributed by atoms with Gasteiger partial charge in [-0.25, -0.2) is 9.97 Å². The summed E-state index contributed by atoms with van der Waals surface area (Å²) >= 11 is 0. The summed E-state index contributed by atoms with van der Waals surface area (Å²) in [6, 6.07) is 10.6. The van der Waals surface area contributed by atoms with E-state index in [4.69, 9.17) is 4.74 Å². The van der Waals surface area contributed by atoms with Gasteiger partial charge in [0, 0.05) is 29.4 Å². The highest BCUT2D eigenvalue weighted by Crippen LogP contribution is 2.34. The van der Waals surface area contributed by atoms with Gasteiger partial charge in [-0.3, -0.25) is 4.79 Å². The average molecular weight is 419 g/mol. The van der Waals surface area contributed by atoms with E-state index in [-0.39, 0.29) is 5.91 Å². The van der Waals surface area contributed by atoms with Crippen molar-refractivity contribution in [1.29, 1.82) is 0 Å². The molecule has 2 heterocycles. The lowest BCUT2D eigenvalue weighted by atomic mass is 10.0. The van der Waals surface area contributed by atoms with E-state index in [2.05, 4.69) is 19.4 Å². The topological polar surface area (TPSA) is 60.2 Å². The number of methoxy groups -OCH3 is 1. The zero-order chi connectivity index (χ0) is 21.2. The number of pyridine rings is 1. The highest BCUT2D eigenvalue weighted by Gasteiger charge is 2.34. The van der Waals surface area contributed by atoms with Gasteiger partial charge in [0.1, 0.15) is 17.8 Å². The van der Waals surface area contributed by atoms with Gasteiger partial charge in [0.15, 0.2) is 5.82 Å². The van der Waals surface area contributed by atoms with Crippen LogP contribution in [0.4, 0.5) is 0 Å². The van der Waals surface area contributed by atoms with Crippen LogP contribution in [-0.2, 0) is 6.54 Å². The second kappa shape index (κ2) is 8.69. The number of ether oxygens (including phenoxy) is 1. The van der Waals surface area contributed by atoms with E-state index < -0.39 is 0 Å². The molecule has 2 saturated carbocycles. The molecule has 162 valence electrons. The van der Waals surface area contributed by atoms with Crippen LogP contribution in [-0.4, -0.2) is 44.5 Å². The van der Waals surface area contributed by atoms with Crippen molar-refractivity contribution in [2.24, 2.45) is 0 Å². The number of carbonyl (C=O) groups excluding carboxylic acids is 1. The summed E-state index contributed by atoms with van der Waals surface area (Å²) in [5, 5.41) is 0. The van der Waals surface area contributed by atoms with Crippen LogP contribution >= 0.6 is 0 Å². The van der Waals surface area contributed by atoms with Crippen molar-refractivity contribution in [3.8, 4) is 17.3 Å². The summed E-state index contributed by atoms with van der Waals surface area (Å²) < 4.78 is 7.77. The molecule has 2 aliphatic heterocycles. The molecule has 0 N–H and O–H groups in total. The van der Waals surface area contributed by atoms with Gasteiger partial charge >= 0.3 is 0 Å². The molecule has 1 amide bonds. The molecule has 6 heteroatoms. The van der Waals surface area contributed by atoms with Gasteiger partial charge in [-0.1, -0.05) is 31.7 Å². The zero-order valence-corrected chi connectivity index (χ0v) is 18.2. The van der Waals surface area contributed by atoms with Crippen LogP contribution in [0.25, 0.3) is 11.5 Å². The van der Waals surface area contributed by atoms with Gasteiger partial charge in [0.2, 0.25) is 0 Å². The maximum atomic E-state index is 13.6. The molecule has 2 aliphatic carbocycles. The molecule has 0 unspecified atom stereocenters. The van der Waals surface area contributed by atoms with E-state index in [1.165, 1.54) is 25.7 Å². The summed E-state index contributed by atoms with van der Waals surface area (Å²) in [5.74, 6) is 1.76. The number of hydrogen-bond donors (Lipinski definition) is 0. The molecule has 5 rings (SSSR count). The van der Waals surface area contributed by atoms with Gasteiger partial charge in [0.25, 0.3) is 5.91 Å². The summed E-state index contributed by atoms with van der Waals surface area (Å²) in [6.45, 7) is 0.614. The van der Waals surface area contributed by atoms with Crippen molar-refractivity contribution in [2.75, 3.05) is 7.11 Å². The second-order valence-corrected chi connectivity index (χ2v) is 8.83. The molecular weight excluding hydrogens is 388 g/mol. The first-order valence-corrected chi connectivity index (χ1v) is 11.5. The van der Waals surface area contributed by atoms with Crippen LogP contribution in [0.5, 0.6) is 5.75 Å². The van der Waals surface area contributed by atoms with Crippen LogP contribution in [0.2, 0.25) is 0 Å². The molecule has 1 aromatic carbocycles. The standard InChI is InChI=1S/C25H30N4O2/c1-31-23-15-18(25(30)29(20-7-2-3-8-20)21-9-4-5-10-21)12-13-19(23)16-28-14-6-11-22-24(28)27-17-26-22/h6,11-15,17,20-21H,2-5,7-10,16H2,1H3. The number of amides is 1. The Morgan fingerprint density at radius 1 is 1.06 bits per heavy atom. The van der Waals surface area contributed by atoms with Gasteiger partial charge in [-0.15, -0.1) is 0 Å². The molecule has 4 aliphatic rings. The lowest BCUT2D eigenvalue weighted by Crippen LogP contribution is -2.45. The monoisotopic (exact) mass is 418 g/mol. The van der Waals surface area contributed by atoms with Crippen molar-refractivity contribution in [2.45, 2.75) is 70.0 Å². The van der Waals surface area contributed by atoms with E-state index >= 15 is 0 Å². The largest absolute Gasteiger partial charge is 0.496 e. The van der Waals surface area contributed by atoms with Crippen LogP contribution in [0.15, 0.2) is 42.9 Å². The smallest absolute Gasteiger partial charge is 0.254 e. The minimum absolute atomic E-state index is 0.167. The summed E-state index contributed by atoms with van der Waals surface area (Å²) in [4.78, 5) is 24.5. The minimum Gasteiger partial charge on any atom is -0.496 e. The van der Waals surface area contributed by atoms with Crippen molar-refractivity contribution in [3.63, 3.8) is 0 Å². The number of nitrogens with zero attached hydrogens (tertiary/aromatic N) is 4. The molecular formula is C25H30N4O2. The predicted molar refractivity (Wildman–Crippen MR) is 119 cm³/mol. The Morgan fingerprint density at radius 2 is 1.77 bits per heavy atom. The fraction of sp³-hybridized carbons (Fsp3) is 0.480.